The quantitative estimate of drug-likeness (QED) is 0.471. The van der Waals surface area contributed by atoms with Crippen molar-refractivity contribution in [2.24, 2.45) is 0 Å². The summed E-state index contributed by atoms with van der Waals surface area (Å²) in [5.74, 6) is -0.818. The monoisotopic (exact) mass is 510 g/mol. The number of hydrogen-bond donors (Lipinski definition) is 4. The molecule has 0 spiro atoms. The number of rotatable bonds is 6. The maximum absolute atomic E-state index is 14.4. The molecule has 2 aromatic rings. The summed E-state index contributed by atoms with van der Waals surface area (Å²) >= 11 is 12.2. The average Bonchev–Trinajstić information content (AvgIpc) is 3.23. The normalized spacial score (nSPS) is 23.4. The van der Waals surface area contributed by atoms with Gasteiger partial charge in [-0.3, -0.25) is 9.59 Å². The minimum Gasteiger partial charge on any atom is -0.389 e. The number of aliphatic hydroxyl groups excluding tert-OH is 1. The molecule has 9 nitrogen and oxygen atoms in total. The Labute approximate surface area is 206 Å². The molecule has 3 heterocycles. The van der Waals surface area contributed by atoms with Crippen LogP contribution in [0.3, 0.4) is 0 Å². The lowest BCUT2D eigenvalue weighted by Crippen LogP contribution is -2.57. The van der Waals surface area contributed by atoms with Crippen LogP contribution in [0.1, 0.15) is 37.8 Å². The van der Waals surface area contributed by atoms with Gasteiger partial charge in [0.05, 0.1) is 24.4 Å². The zero-order chi connectivity index (χ0) is 24.4. The number of amides is 2. The van der Waals surface area contributed by atoms with Crippen molar-refractivity contribution in [2.75, 3.05) is 23.3 Å². The highest BCUT2D eigenvalue weighted by molar-refractivity contribution is 6.35. The van der Waals surface area contributed by atoms with Crippen LogP contribution in [0.25, 0.3) is 0 Å². The highest BCUT2D eigenvalue weighted by atomic mass is 35.5. The number of carbonyl (C=O) groups is 2. The standard InChI is InChI=1S/C22H25Cl2FN6O3/c1-11(13-3-2-12(23)8-14(13)24)27-20-15(25)9-26-22(30-20)31-7-6-16(18(32)10-31)29-21(34)17-4-5-19(33)28-17/h2-3,8-9,11,16-18,32H,4-7,10H2,1H3,(H,28,33)(H,29,34)(H,26,27,30)/t11-,16+,17-,18-/m1/s1. The second-order valence-corrected chi connectivity index (χ2v) is 9.32. The van der Waals surface area contributed by atoms with Crippen molar-refractivity contribution in [2.45, 2.75) is 50.4 Å². The Morgan fingerprint density at radius 2 is 2.15 bits per heavy atom. The molecule has 1 aromatic heterocycles. The second kappa shape index (κ2) is 10.3. The molecule has 182 valence electrons. The van der Waals surface area contributed by atoms with E-state index in [0.717, 1.165) is 11.8 Å². The van der Waals surface area contributed by atoms with Gasteiger partial charge in [0.1, 0.15) is 6.04 Å². The molecule has 0 unspecified atom stereocenters. The number of nitrogens with zero attached hydrogens (tertiary/aromatic N) is 3. The van der Waals surface area contributed by atoms with Gasteiger partial charge in [-0.15, -0.1) is 0 Å². The zero-order valence-corrected chi connectivity index (χ0v) is 19.9. The molecule has 2 fully saturated rings. The third-order valence-electron chi connectivity index (χ3n) is 6.02. The van der Waals surface area contributed by atoms with E-state index in [4.69, 9.17) is 23.2 Å². The SMILES string of the molecule is C[C@@H](Nc1nc(N2CC[C@H](NC(=O)[C@H]3CCC(=O)N3)[C@H](O)C2)ncc1F)c1ccc(Cl)cc1Cl. The number of β-amino-alcohol motifs (C(OH)–C–C–N with tert-alkyl or cyclic N) is 1. The Kier molecular flexibility index (Phi) is 7.39. The number of benzene rings is 1. The van der Waals surface area contributed by atoms with Crippen molar-refractivity contribution >= 4 is 46.8 Å². The highest BCUT2D eigenvalue weighted by Crippen LogP contribution is 2.29. The van der Waals surface area contributed by atoms with E-state index in [9.17, 15) is 19.1 Å². The first kappa shape index (κ1) is 24.4. The van der Waals surface area contributed by atoms with Gasteiger partial charge in [0.2, 0.25) is 17.8 Å². The van der Waals surface area contributed by atoms with E-state index in [0.29, 0.717) is 35.9 Å². The molecule has 2 aliphatic rings. The lowest BCUT2D eigenvalue weighted by Gasteiger charge is -2.36. The summed E-state index contributed by atoms with van der Waals surface area (Å²) in [6, 6.07) is 3.69. The average molecular weight is 511 g/mol. The van der Waals surface area contributed by atoms with E-state index in [1.165, 1.54) is 0 Å². The molecular formula is C22H25Cl2FN6O3. The van der Waals surface area contributed by atoms with Gasteiger partial charge in [0.15, 0.2) is 11.6 Å². The molecule has 2 amide bonds. The maximum atomic E-state index is 14.4. The van der Waals surface area contributed by atoms with Gasteiger partial charge in [-0.25, -0.2) is 9.37 Å². The first-order valence-corrected chi connectivity index (χ1v) is 11.7. The number of anilines is 2. The maximum Gasteiger partial charge on any atom is 0.242 e. The number of halogens is 3. The highest BCUT2D eigenvalue weighted by Gasteiger charge is 2.34. The number of aromatic nitrogens is 2. The lowest BCUT2D eigenvalue weighted by molar-refractivity contribution is -0.127. The Morgan fingerprint density at radius 1 is 1.35 bits per heavy atom. The molecule has 12 heteroatoms. The third-order valence-corrected chi connectivity index (χ3v) is 6.58. The zero-order valence-electron chi connectivity index (χ0n) is 18.4. The van der Waals surface area contributed by atoms with Crippen LogP contribution in [0, 0.1) is 5.82 Å². The van der Waals surface area contributed by atoms with E-state index in [1.54, 1.807) is 23.1 Å². The van der Waals surface area contributed by atoms with Gasteiger partial charge in [0, 0.05) is 29.6 Å². The fourth-order valence-corrected chi connectivity index (χ4v) is 4.69. The number of aliphatic hydroxyl groups is 1. The topological polar surface area (TPSA) is 119 Å². The summed E-state index contributed by atoms with van der Waals surface area (Å²) in [6.45, 7) is 2.43. The van der Waals surface area contributed by atoms with Gasteiger partial charge in [-0.1, -0.05) is 29.3 Å². The van der Waals surface area contributed by atoms with Crippen LogP contribution in [-0.4, -0.2) is 58.2 Å². The molecule has 0 bridgehead atoms. The summed E-state index contributed by atoms with van der Waals surface area (Å²) in [5, 5.41) is 20.0. The van der Waals surface area contributed by atoms with Gasteiger partial charge in [-0.05, 0) is 37.5 Å². The van der Waals surface area contributed by atoms with E-state index in [-0.39, 0.29) is 36.2 Å². The Hall–Kier alpha value is -2.69. The van der Waals surface area contributed by atoms with Gasteiger partial charge in [-0.2, -0.15) is 4.98 Å². The minimum atomic E-state index is -0.883. The number of carbonyl (C=O) groups excluding carboxylic acids is 2. The van der Waals surface area contributed by atoms with E-state index in [2.05, 4.69) is 25.9 Å². The summed E-state index contributed by atoms with van der Waals surface area (Å²) < 4.78 is 14.4. The smallest absolute Gasteiger partial charge is 0.242 e. The summed E-state index contributed by atoms with van der Waals surface area (Å²) in [5.41, 5.74) is 0.732. The van der Waals surface area contributed by atoms with Crippen LogP contribution in [0.5, 0.6) is 0 Å². The molecule has 34 heavy (non-hydrogen) atoms. The molecule has 4 atom stereocenters. The Morgan fingerprint density at radius 3 is 2.82 bits per heavy atom. The van der Waals surface area contributed by atoms with E-state index < -0.39 is 24.0 Å². The lowest BCUT2D eigenvalue weighted by atomic mass is 10.0. The summed E-state index contributed by atoms with van der Waals surface area (Å²) in [7, 11) is 0. The molecule has 1 aromatic carbocycles. The van der Waals surface area contributed by atoms with E-state index in [1.807, 2.05) is 6.92 Å². The van der Waals surface area contributed by atoms with Gasteiger partial charge in [0.25, 0.3) is 0 Å². The van der Waals surface area contributed by atoms with Gasteiger partial charge < -0.3 is 26.0 Å². The van der Waals surface area contributed by atoms with Crippen LogP contribution in [0.4, 0.5) is 16.2 Å². The van der Waals surface area contributed by atoms with Crippen molar-refractivity contribution in [3.63, 3.8) is 0 Å². The van der Waals surface area contributed by atoms with Crippen molar-refractivity contribution in [1.82, 2.24) is 20.6 Å². The first-order chi connectivity index (χ1) is 16.2. The molecule has 0 radical (unpaired) electrons. The molecule has 4 N–H and O–H groups in total. The van der Waals surface area contributed by atoms with Crippen molar-refractivity contribution in [3.05, 3.63) is 45.8 Å². The van der Waals surface area contributed by atoms with Crippen LogP contribution in [-0.2, 0) is 9.59 Å². The predicted octanol–water partition coefficient (Wildman–Crippen LogP) is 2.43. The third kappa shape index (κ3) is 5.51. The molecule has 4 rings (SSSR count). The molecule has 2 aliphatic heterocycles. The van der Waals surface area contributed by atoms with Gasteiger partial charge >= 0.3 is 0 Å². The van der Waals surface area contributed by atoms with Crippen LogP contribution < -0.4 is 20.9 Å². The second-order valence-electron chi connectivity index (χ2n) is 8.47. The Balaban J connectivity index is 1.40. The van der Waals surface area contributed by atoms with Crippen molar-refractivity contribution in [1.29, 1.82) is 0 Å². The predicted molar refractivity (Wildman–Crippen MR) is 126 cm³/mol. The molecular weight excluding hydrogens is 486 g/mol. The van der Waals surface area contributed by atoms with Crippen molar-refractivity contribution < 1.29 is 19.1 Å². The molecule has 0 saturated carbocycles. The van der Waals surface area contributed by atoms with Crippen molar-refractivity contribution in [3.8, 4) is 0 Å². The summed E-state index contributed by atoms with van der Waals surface area (Å²) in [6.07, 6.45) is 1.39. The number of piperidine rings is 1. The van der Waals surface area contributed by atoms with Crippen LogP contribution in [0.15, 0.2) is 24.4 Å². The molecule has 2 saturated heterocycles. The minimum absolute atomic E-state index is 0.00501. The summed E-state index contributed by atoms with van der Waals surface area (Å²) in [4.78, 5) is 33.8. The largest absolute Gasteiger partial charge is 0.389 e. The van der Waals surface area contributed by atoms with Crippen LogP contribution >= 0.6 is 23.2 Å². The molecule has 0 aliphatic carbocycles. The van der Waals surface area contributed by atoms with E-state index >= 15 is 0 Å². The number of nitrogens with one attached hydrogen (secondary N) is 3. The first-order valence-electron chi connectivity index (χ1n) is 11.0. The fraction of sp³-hybridized carbons (Fsp3) is 0.455. The Bertz CT molecular complexity index is 1090. The fourth-order valence-electron chi connectivity index (χ4n) is 4.12. The number of hydrogen-bond acceptors (Lipinski definition) is 7. The van der Waals surface area contributed by atoms with Crippen LogP contribution in [0.2, 0.25) is 10.0 Å².